The summed E-state index contributed by atoms with van der Waals surface area (Å²) >= 11 is 0. The van der Waals surface area contributed by atoms with E-state index < -0.39 is 0 Å². The summed E-state index contributed by atoms with van der Waals surface area (Å²) in [6.45, 7) is 4.02. The maximum Gasteiger partial charge on any atom is 0.289 e. The number of nitrogens with zero attached hydrogens (tertiary/aromatic N) is 3. The molecule has 0 spiro atoms. The average Bonchev–Trinajstić information content (AvgIpc) is 3.20. The number of furan rings is 1. The van der Waals surface area contributed by atoms with Gasteiger partial charge < -0.3 is 19.0 Å². The minimum atomic E-state index is -0.0262. The number of piperidine rings is 2. The molecule has 6 nitrogen and oxygen atoms in total. The van der Waals surface area contributed by atoms with Gasteiger partial charge in [-0.2, -0.15) is 0 Å². The standard InChI is InChI=1S/C23H27N3O3/c1-28-19-5-6-20-16(14-19)13-17-15-21(29-22(17)24-20)23(27)26-11-7-18(8-12-26)25-9-3-2-4-10-25/h5-6,13-15,18H,2-4,7-12H2,1H3. The highest BCUT2D eigenvalue weighted by Crippen LogP contribution is 2.27. The molecule has 2 fully saturated rings. The van der Waals surface area contributed by atoms with Crippen LogP contribution >= 0.6 is 0 Å². The van der Waals surface area contributed by atoms with Crippen LogP contribution < -0.4 is 4.74 Å². The maximum atomic E-state index is 13.0. The van der Waals surface area contributed by atoms with E-state index in [0.717, 1.165) is 48.0 Å². The minimum absolute atomic E-state index is 0.0262. The fraction of sp³-hybridized carbons (Fsp3) is 0.478. The number of rotatable bonds is 3. The van der Waals surface area contributed by atoms with Crippen LogP contribution in [0.1, 0.15) is 42.7 Å². The summed E-state index contributed by atoms with van der Waals surface area (Å²) in [5.74, 6) is 1.14. The van der Waals surface area contributed by atoms with Crippen LogP contribution in [0.15, 0.2) is 34.7 Å². The zero-order chi connectivity index (χ0) is 19.8. The number of hydrogen-bond acceptors (Lipinski definition) is 5. The molecule has 2 aliphatic rings. The van der Waals surface area contributed by atoms with Crippen LogP contribution in [0.4, 0.5) is 0 Å². The Bertz CT molecular complexity index is 1030. The quantitative estimate of drug-likeness (QED) is 0.671. The molecule has 0 bridgehead atoms. The minimum Gasteiger partial charge on any atom is -0.497 e. The van der Waals surface area contributed by atoms with Crippen LogP contribution in [-0.4, -0.2) is 60.0 Å². The number of pyridine rings is 1. The Labute approximate surface area is 170 Å². The third kappa shape index (κ3) is 3.57. The number of methoxy groups -OCH3 is 1. The van der Waals surface area contributed by atoms with Crippen molar-refractivity contribution in [1.82, 2.24) is 14.8 Å². The van der Waals surface area contributed by atoms with Crippen LogP contribution in [0.2, 0.25) is 0 Å². The molecule has 1 amide bonds. The number of ether oxygens (including phenoxy) is 1. The molecule has 4 heterocycles. The number of fused-ring (bicyclic) bond motifs is 2. The van der Waals surface area contributed by atoms with Gasteiger partial charge in [0.25, 0.3) is 5.91 Å². The Morgan fingerprint density at radius 3 is 2.59 bits per heavy atom. The summed E-state index contributed by atoms with van der Waals surface area (Å²) in [5, 5.41) is 1.82. The first-order valence-corrected chi connectivity index (χ1v) is 10.6. The predicted molar refractivity (Wildman–Crippen MR) is 112 cm³/mol. The molecule has 2 aromatic heterocycles. The number of carbonyl (C=O) groups is 1. The summed E-state index contributed by atoms with van der Waals surface area (Å²) < 4.78 is 11.1. The normalized spacial score (nSPS) is 19.1. The molecule has 0 aliphatic carbocycles. The van der Waals surface area contributed by atoms with Crippen molar-refractivity contribution in [3.8, 4) is 5.75 Å². The first-order valence-electron chi connectivity index (χ1n) is 10.6. The van der Waals surface area contributed by atoms with Crippen molar-refractivity contribution < 1.29 is 13.9 Å². The highest BCUT2D eigenvalue weighted by atomic mass is 16.5. The van der Waals surface area contributed by atoms with Crippen molar-refractivity contribution in [2.75, 3.05) is 33.3 Å². The van der Waals surface area contributed by atoms with Crippen molar-refractivity contribution in [1.29, 1.82) is 0 Å². The van der Waals surface area contributed by atoms with Gasteiger partial charge in [0.15, 0.2) is 5.76 Å². The third-order valence-corrected chi connectivity index (χ3v) is 6.38. The van der Waals surface area contributed by atoms with E-state index in [1.807, 2.05) is 35.2 Å². The molecule has 2 saturated heterocycles. The van der Waals surface area contributed by atoms with Gasteiger partial charge in [-0.3, -0.25) is 4.79 Å². The zero-order valence-electron chi connectivity index (χ0n) is 16.9. The fourth-order valence-electron chi connectivity index (χ4n) is 4.72. The van der Waals surface area contributed by atoms with Gasteiger partial charge in [-0.25, -0.2) is 4.98 Å². The number of amides is 1. The second-order valence-electron chi connectivity index (χ2n) is 8.17. The third-order valence-electron chi connectivity index (χ3n) is 6.38. The van der Waals surface area contributed by atoms with E-state index in [9.17, 15) is 4.79 Å². The monoisotopic (exact) mass is 393 g/mol. The predicted octanol–water partition coefficient (Wildman–Crippen LogP) is 4.08. The van der Waals surface area contributed by atoms with Crippen LogP contribution in [0.3, 0.4) is 0 Å². The largest absolute Gasteiger partial charge is 0.497 e. The Hall–Kier alpha value is -2.60. The average molecular weight is 393 g/mol. The maximum absolute atomic E-state index is 13.0. The van der Waals surface area contributed by atoms with Crippen LogP contribution in [0.5, 0.6) is 5.75 Å². The van der Waals surface area contributed by atoms with Gasteiger partial charge in [0.05, 0.1) is 12.6 Å². The van der Waals surface area contributed by atoms with Gasteiger partial charge in [0.2, 0.25) is 5.71 Å². The van der Waals surface area contributed by atoms with Crippen LogP contribution in [0.25, 0.3) is 22.0 Å². The van der Waals surface area contributed by atoms with E-state index in [-0.39, 0.29) is 5.91 Å². The number of hydrogen-bond donors (Lipinski definition) is 0. The molecule has 152 valence electrons. The van der Waals surface area contributed by atoms with E-state index in [1.54, 1.807) is 7.11 Å². The molecule has 29 heavy (non-hydrogen) atoms. The van der Waals surface area contributed by atoms with Crippen molar-refractivity contribution in [3.05, 3.63) is 36.1 Å². The van der Waals surface area contributed by atoms with Gasteiger partial charge in [-0.05, 0) is 69.1 Å². The van der Waals surface area contributed by atoms with E-state index >= 15 is 0 Å². The lowest BCUT2D eigenvalue weighted by Crippen LogP contribution is -2.48. The molecule has 5 rings (SSSR count). The van der Waals surface area contributed by atoms with Crippen molar-refractivity contribution in [2.24, 2.45) is 0 Å². The molecule has 3 aromatic rings. The Kier molecular flexibility index (Phi) is 4.87. The van der Waals surface area contributed by atoms with Gasteiger partial charge in [-0.15, -0.1) is 0 Å². The first-order chi connectivity index (χ1) is 14.2. The van der Waals surface area contributed by atoms with Gasteiger partial charge in [-0.1, -0.05) is 6.42 Å². The second-order valence-corrected chi connectivity index (χ2v) is 8.17. The summed E-state index contributed by atoms with van der Waals surface area (Å²) in [4.78, 5) is 22.1. The molecule has 1 aromatic carbocycles. The van der Waals surface area contributed by atoms with Crippen LogP contribution in [0, 0.1) is 0 Å². The smallest absolute Gasteiger partial charge is 0.289 e. The number of aromatic nitrogens is 1. The summed E-state index contributed by atoms with van der Waals surface area (Å²) in [7, 11) is 1.65. The Morgan fingerprint density at radius 2 is 1.83 bits per heavy atom. The SMILES string of the molecule is COc1ccc2nc3oc(C(=O)N4CCC(N5CCCCC5)CC4)cc3cc2c1. The molecule has 0 unspecified atom stereocenters. The van der Waals surface area contributed by atoms with Gasteiger partial charge >= 0.3 is 0 Å². The van der Waals surface area contributed by atoms with Crippen molar-refractivity contribution >= 4 is 27.9 Å². The summed E-state index contributed by atoms with van der Waals surface area (Å²) in [5.41, 5.74) is 1.34. The lowest BCUT2D eigenvalue weighted by atomic mass is 10.00. The van der Waals surface area contributed by atoms with Gasteiger partial charge in [0, 0.05) is 29.9 Å². The highest BCUT2D eigenvalue weighted by molar-refractivity contribution is 5.98. The Balaban J connectivity index is 1.32. The van der Waals surface area contributed by atoms with E-state index in [0.29, 0.717) is 17.5 Å². The second kappa shape index (κ2) is 7.67. The van der Waals surface area contributed by atoms with Gasteiger partial charge in [0.1, 0.15) is 5.75 Å². The topological polar surface area (TPSA) is 58.8 Å². The molecule has 2 aliphatic heterocycles. The lowest BCUT2D eigenvalue weighted by Gasteiger charge is -2.40. The van der Waals surface area contributed by atoms with E-state index in [1.165, 1.54) is 32.4 Å². The van der Waals surface area contributed by atoms with E-state index in [2.05, 4.69) is 9.88 Å². The number of carbonyl (C=O) groups excluding carboxylic acids is 1. The van der Waals surface area contributed by atoms with Crippen molar-refractivity contribution in [2.45, 2.75) is 38.1 Å². The highest BCUT2D eigenvalue weighted by Gasteiger charge is 2.29. The lowest BCUT2D eigenvalue weighted by molar-refractivity contribution is 0.0564. The molecular weight excluding hydrogens is 366 g/mol. The summed E-state index contributed by atoms with van der Waals surface area (Å²) in [6, 6.07) is 10.2. The molecule has 0 atom stereocenters. The first kappa shape index (κ1) is 18.4. The fourth-order valence-corrected chi connectivity index (χ4v) is 4.72. The molecule has 0 N–H and O–H groups in total. The number of benzene rings is 1. The van der Waals surface area contributed by atoms with Crippen molar-refractivity contribution in [3.63, 3.8) is 0 Å². The molecule has 6 heteroatoms. The molecule has 0 radical (unpaired) electrons. The molecule has 0 saturated carbocycles. The summed E-state index contributed by atoms with van der Waals surface area (Å²) in [6.07, 6.45) is 6.08. The zero-order valence-corrected chi connectivity index (χ0v) is 16.9. The number of likely N-dealkylation sites (tertiary alicyclic amines) is 2. The Morgan fingerprint density at radius 1 is 1.03 bits per heavy atom. The van der Waals surface area contributed by atoms with Crippen LogP contribution in [-0.2, 0) is 0 Å². The van der Waals surface area contributed by atoms with E-state index in [4.69, 9.17) is 9.15 Å². The molecular formula is C23H27N3O3.